The summed E-state index contributed by atoms with van der Waals surface area (Å²) in [7, 11) is 0. The van der Waals surface area contributed by atoms with E-state index in [1.807, 2.05) is 21.7 Å². The highest BCUT2D eigenvalue weighted by Crippen LogP contribution is 2.20. The molecule has 202 valence electrons. The molecule has 1 aromatic heterocycles. The second-order valence-electron chi connectivity index (χ2n) is 10.0. The Balaban J connectivity index is 1.30. The third kappa shape index (κ3) is 16.2. The van der Waals surface area contributed by atoms with Crippen LogP contribution in [0.1, 0.15) is 103 Å². The zero-order valence-corrected chi connectivity index (χ0v) is 23.0. The second kappa shape index (κ2) is 21.0. The van der Waals surface area contributed by atoms with Crippen molar-refractivity contribution in [3.8, 4) is 0 Å². The molecule has 2 heterocycles. The van der Waals surface area contributed by atoms with Gasteiger partial charge in [-0.1, -0.05) is 102 Å². The van der Waals surface area contributed by atoms with Gasteiger partial charge >= 0.3 is 6.09 Å². The van der Waals surface area contributed by atoms with Gasteiger partial charge in [0, 0.05) is 12.5 Å². The zero-order valence-electron chi connectivity index (χ0n) is 22.2. The van der Waals surface area contributed by atoms with E-state index in [2.05, 4.69) is 12.2 Å². The van der Waals surface area contributed by atoms with E-state index in [0.717, 1.165) is 32.6 Å². The summed E-state index contributed by atoms with van der Waals surface area (Å²) < 4.78 is 19.0. The van der Waals surface area contributed by atoms with Crippen LogP contribution in [-0.4, -0.2) is 45.2 Å². The lowest BCUT2D eigenvalue weighted by atomic mass is 10.0. The minimum atomic E-state index is -0.373. The van der Waals surface area contributed by atoms with E-state index < -0.39 is 0 Å². The Bertz CT molecular complexity index is 614. The summed E-state index contributed by atoms with van der Waals surface area (Å²) in [5.41, 5.74) is 2.01. The van der Waals surface area contributed by atoms with Crippen molar-refractivity contribution in [3.63, 3.8) is 0 Å². The number of carbonyl (C=O) groups excluding carboxylic acids is 1. The third-order valence-electron chi connectivity index (χ3n) is 6.73. The van der Waals surface area contributed by atoms with E-state index in [1.165, 1.54) is 83.5 Å². The van der Waals surface area contributed by atoms with Crippen molar-refractivity contribution in [2.75, 3.05) is 33.0 Å². The summed E-state index contributed by atoms with van der Waals surface area (Å²) >= 11 is 1.63. The molecule has 1 fully saturated rings. The number of alkyl carbamates (subject to hydrolysis) is 1. The lowest BCUT2D eigenvalue weighted by Gasteiger charge is -2.11. The van der Waals surface area contributed by atoms with Crippen molar-refractivity contribution in [2.24, 2.45) is 5.92 Å². The van der Waals surface area contributed by atoms with Crippen LogP contribution in [0.25, 0.3) is 0 Å². The number of nitrogens with one attached hydrogen (secondary N) is 1. The molecule has 0 radical (unpaired) electrons. The second-order valence-corrected chi connectivity index (χ2v) is 10.8. The molecule has 1 N–H and O–H groups in total. The number of aromatic nitrogens is 1. The Hall–Kier alpha value is -1.18. The Kier molecular flexibility index (Phi) is 18.0. The first kappa shape index (κ1) is 30.0. The van der Waals surface area contributed by atoms with Gasteiger partial charge in [-0.05, 0) is 12.8 Å². The van der Waals surface area contributed by atoms with Crippen LogP contribution in [0.2, 0.25) is 0 Å². The van der Waals surface area contributed by atoms with Crippen LogP contribution in [0.5, 0.6) is 0 Å². The molecule has 1 aliphatic heterocycles. The summed E-state index contributed by atoms with van der Waals surface area (Å²) in [6.45, 7) is 6.19. The molecule has 0 bridgehead atoms. The molecule has 1 amide bonds. The van der Waals surface area contributed by atoms with Gasteiger partial charge in [0.25, 0.3) is 0 Å². The maximum Gasteiger partial charge on any atom is 0.407 e. The summed E-state index contributed by atoms with van der Waals surface area (Å²) in [6, 6.07) is 0. The van der Waals surface area contributed by atoms with Crippen LogP contribution in [0, 0.1) is 5.92 Å². The van der Waals surface area contributed by atoms with Crippen LogP contribution in [-0.2, 0) is 20.8 Å². The minimum absolute atomic E-state index is 0.0124. The number of rotatable bonds is 22. The molecule has 6 nitrogen and oxygen atoms in total. The fourth-order valence-electron chi connectivity index (χ4n) is 4.56. The number of nitrogens with zero attached hydrogens (tertiary/aromatic N) is 1. The molecule has 0 spiro atoms. The number of ether oxygens (including phenoxy) is 3. The van der Waals surface area contributed by atoms with Gasteiger partial charge in [-0.25, -0.2) is 4.79 Å². The normalized spacial score (nSPS) is 17.6. The first-order chi connectivity index (χ1) is 17.3. The molecule has 0 aromatic carbocycles. The van der Waals surface area contributed by atoms with Gasteiger partial charge in [-0.3, -0.25) is 0 Å². The number of carbonyl (C=O) groups is 1. The van der Waals surface area contributed by atoms with Gasteiger partial charge in [0.2, 0.25) is 5.51 Å². The van der Waals surface area contributed by atoms with Crippen LogP contribution in [0.15, 0.2) is 17.1 Å². The molecule has 7 heteroatoms. The Labute approximate surface area is 218 Å². The number of thiazole rings is 1. The molecule has 2 atom stereocenters. The number of hydrogen-bond acceptors (Lipinski definition) is 5. The average Bonchev–Trinajstić information content (AvgIpc) is 3.55. The number of unbranched alkanes of at least 4 members (excludes halogenated alkanes) is 13. The molecule has 0 aliphatic carbocycles. The summed E-state index contributed by atoms with van der Waals surface area (Å²) in [4.78, 5) is 11.8. The van der Waals surface area contributed by atoms with E-state index in [0.29, 0.717) is 25.7 Å². The van der Waals surface area contributed by atoms with E-state index in [-0.39, 0.29) is 12.2 Å². The first-order valence-corrected chi connectivity index (χ1v) is 15.2. The van der Waals surface area contributed by atoms with Crippen LogP contribution < -0.4 is 9.88 Å². The van der Waals surface area contributed by atoms with Gasteiger partial charge in [0.05, 0.1) is 31.2 Å². The quantitative estimate of drug-likeness (QED) is 0.140. The Morgan fingerprint density at radius 1 is 0.971 bits per heavy atom. The summed E-state index contributed by atoms with van der Waals surface area (Å²) in [5.74, 6) is 0.410. The van der Waals surface area contributed by atoms with E-state index in [9.17, 15) is 4.79 Å². The SMILES string of the molecule is CCCCCCCCCCCCCCCCOCC1COC(COC(=O)NCC[n+]2ccsc2)C1. The highest BCUT2D eigenvalue weighted by molar-refractivity contribution is 7.07. The van der Waals surface area contributed by atoms with Crippen molar-refractivity contribution in [2.45, 2.75) is 116 Å². The van der Waals surface area contributed by atoms with Gasteiger partial charge < -0.3 is 19.5 Å². The average molecular weight is 512 g/mol. The first-order valence-electron chi connectivity index (χ1n) is 14.3. The molecular formula is C28H51N2O4S+. The predicted octanol–water partition coefficient (Wildman–Crippen LogP) is 6.66. The van der Waals surface area contributed by atoms with Gasteiger partial charge in [0.15, 0.2) is 12.7 Å². The lowest BCUT2D eigenvalue weighted by Crippen LogP contribution is -2.39. The van der Waals surface area contributed by atoms with Crippen molar-refractivity contribution in [3.05, 3.63) is 17.1 Å². The lowest BCUT2D eigenvalue weighted by molar-refractivity contribution is -0.690. The van der Waals surface area contributed by atoms with Gasteiger partial charge in [0.1, 0.15) is 6.61 Å². The van der Waals surface area contributed by atoms with Crippen molar-refractivity contribution in [1.29, 1.82) is 0 Å². The molecule has 2 rings (SSSR count). The smallest absolute Gasteiger partial charge is 0.407 e. The standard InChI is InChI=1S/C28H50N2O4S/c1-2-3-4-5-6-7-8-9-10-11-12-13-14-15-19-32-22-26-21-27(33-23-26)24-34-28(31)29-16-17-30-18-20-35-25-30/h18,20,25-27H,2-17,19,21-24H2,1H3/p+1. The number of hydrogen-bond donors (Lipinski definition) is 1. The maximum absolute atomic E-state index is 11.8. The Morgan fingerprint density at radius 2 is 1.63 bits per heavy atom. The van der Waals surface area contributed by atoms with Crippen LogP contribution >= 0.6 is 11.3 Å². The van der Waals surface area contributed by atoms with E-state index in [4.69, 9.17) is 14.2 Å². The topological polar surface area (TPSA) is 60.7 Å². The maximum atomic E-state index is 11.8. The van der Waals surface area contributed by atoms with Crippen molar-refractivity contribution < 1.29 is 23.6 Å². The van der Waals surface area contributed by atoms with Crippen molar-refractivity contribution in [1.82, 2.24) is 5.32 Å². The number of amides is 1. The highest BCUT2D eigenvalue weighted by atomic mass is 32.1. The summed E-state index contributed by atoms with van der Waals surface area (Å²) in [6.07, 6.45) is 21.8. The fourth-order valence-corrected chi connectivity index (χ4v) is 5.19. The van der Waals surface area contributed by atoms with E-state index >= 15 is 0 Å². The van der Waals surface area contributed by atoms with Crippen molar-refractivity contribution >= 4 is 17.4 Å². The molecule has 1 saturated heterocycles. The minimum Gasteiger partial charge on any atom is -0.447 e. The molecular weight excluding hydrogens is 460 g/mol. The third-order valence-corrected chi connectivity index (χ3v) is 7.40. The zero-order chi connectivity index (χ0) is 24.8. The van der Waals surface area contributed by atoms with Gasteiger partial charge in [-0.2, -0.15) is 4.57 Å². The Morgan fingerprint density at radius 3 is 2.26 bits per heavy atom. The molecule has 1 aliphatic rings. The van der Waals surface area contributed by atoms with Gasteiger partial charge in [-0.15, -0.1) is 0 Å². The van der Waals surface area contributed by atoms with E-state index in [1.54, 1.807) is 11.3 Å². The monoisotopic (exact) mass is 511 g/mol. The highest BCUT2D eigenvalue weighted by Gasteiger charge is 2.26. The summed E-state index contributed by atoms with van der Waals surface area (Å²) in [5, 5.41) is 4.79. The predicted molar refractivity (Wildman–Crippen MR) is 143 cm³/mol. The van der Waals surface area contributed by atoms with Crippen LogP contribution in [0.3, 0.4) is 0 Å². The molecule has 35 heavy (non-hydrogen) atoms. The molecule has 1 aromatic rings. The molecule has 2 unspecified atom stereocenters. The van der Waals surface area contributed by atoms with Crippen LogP contribution in [0.4, 0.5) is 4.79 Å². The molecule has 0 saturated carbocycles. The fraction of sp³-hybridized carbons (Fsp3) is 0.857. The largest absolute Gasteiger partial charge is 0.447 e.